The van der Waals surface area contributed by atoms with E-state index >= 15 is 0 Å². The average molecular weight is 470 g/mol. The van der Waals surface area contributed by atoms with E-state index in [0.717, 1.165) is 31.2 Å². The van der Waals surface area contributed by atoms with Gasteiger partial charge in [0.25, 0.3) is 0 Å². The molecule has 2 aliphatic rings. The van der Waals surface area contributed by atoms with Gasteiger partial charge in [0.2, 0.25) is 21.8 Å². The van der Waals surface area contributed by atoms with E-state index in [0.29, 0.717) is 24.3 Å². The van der Waals surface area contributed by atoms with Crippen molar-refractivity contribution in [2.45, 2.75) is 62.9 Å². The van der Waals surface area contributed by atoms with Crippen LogP contribution in [0.15, 0.2) is 53.4 Å². The van der Waals surface area contributed by atoms with Gasteiger partial charge in [-0.1, -0.05) is 43.2 Å². The molecule has 1 saturated heterocycles. The summed E-state index contributed by atoms with van der Waals surface area (Å²) in [6, 6.07) is 13.6. The van der Waals surface area contributed by atoms with Gasteiger partial charge in [-0.25, -0.2) is 8.42 Å². The van der Waals surface area contributed by atoms with Crippen LogP contribution in [0, 0.1) is 0 Å². The molecule has 0 aromatic heterocycles. The van der Waals surface area contributed by atoms with E-state index in [-0.39, 0.29) is 29.2 Å². The molecule has 4 rings (SSSR count). The van der Waals surface area contributed by atoms with E-state index < -0.39 is 16.1 Å². The molecule has 0 spiro atoms. The molecule has 2 amide bonds. The number of hydrogen-bond acceptors (Lipinski definition) is 4. The van der Waals surface area contributed by atoms with Gasteiger partial charge in [-0.3, -0.25) is 14.5 Å². The second kappa shape index (κ2) is 9.65. The first kappa shape index (κ1) is 23.4. The predicted molar refractivity (Wildman–Crippen MR) is 127 cm³/mol. The number of fused-ring (bicyclic) bond motifs is 1. The number of sulfonamides is 1. The zero-order valence-corrected chi connectivity index (χ0v) is 20.0. The maximum absolute atomic E-state index is 13.2. The molecule has 1 N–H and O–H groups in total. The normalized spacial score (nSPS) is 20.1. The topological polar surface area (TPSA) is 86.8 Å². The third-order valence-corrected chi connectivity index (χ3v) is 8.43. The first-order chi connectivity index (χ1) is 15.8. The van der Waals surface area contributed by atoms with Gasteiger partial charge in [-0.15, -0.1) is 0 Å². The van der Waals surface area contributed by atoms with Gasteiger partial charge in [0.1, 0.15) is 6.04 Å². The predicted octanol–water partition coefficient (Wildman–Crippen LogP) is 3.41. The van der Waals surface area contributed by atoms with Crippen LogP contribution in [0.25, 0.3) is 0 Å². The molecule has 2 aliphatic heterocycles. The van der Waals surface area contributed by atoms with E-state index in [2.05, 4.69) is 5.32 Å². The largest absolute Gasteiger partial charge is 0.348 e. The molecule has 176 valence electrons. The van der Waals surface area contributed by atoms with Crippen molar-refractivity contribution in [3.05, 3.63) is 59.7 Å². The van der Waals surface area contributed by atoms with Crippen molar-refractivity contribution >= 4 is 27.5 Å². The summed E-state index contributed by atoms with van der Waals surface area (Å²) in [6.07, 6.45) is 4.10. The first-order valence-electron chi connectivity index (χ1n) is 11.6. The Morgan fingerprint density at radius 1 is 1.00 bits per heavy atom. The molecule has 2 aromatic carbocycles. The number of nitrogens with one attached hydrogen (secondary N) is 1. The van der Waals surface area contributed by atoms with E-state index in [1.54, 1.807) is 22.5 Å². The highest BCUT2D eigenvalue weighted by molar-refractivity contribution is 7.89. The fourth-order valence-corrected chi connectivity index (χ4v) is 6.32. The van der Waals surface area contributed by atoms with Crippen molar-refractivity contribution in [3.8, 4) is 0 Å². The summed E-state index contributed by atoms with van der Waals surface area (Å²) < 4.78 is 28.0. The van der Waals surface area contributed by atoms with Crippen LogP contribution in [0.1, 0.15) is 56.7 Å². The summed E-state index contributed by atoms with van der Waals surface area (Å²) in [6.45, 7) is 4.39. The van der Waals surface area contributed by atoms with Crippen molar-refractivity contribution in [2.24, 2.45) is 0 Å². The highest BCUT2D eigenvalue weighted by Gasteiger charge is 2.38. The lowest BCUT2D eigenvalue weighted by Gasteiger charge is -2.25. The SMILES string of the molecule is CC(=O)N1c2ccc(S(=O)(=O)N3CCCCCC3)cc2C[C@H]1C(=O)N[C@H](C)c1ccccc1. The molecule has 2 aromatic rings. The molecule has 0 radical (unpaired) electrons. The van der Waals surface area contributed by atoms with Gasteiger partial charge < -0.3 is 5.32 Å². The quantitative estimate of drug-likeness (QED) is 0.727. The van der Waals surface area contributed by atoms with E-state index in [1.165, 1.54) is 11.8 Å². The van der Waals surface area contributed by atoms with Gasteiger partial charge in [-0.2, -0.15) is 4.31 Å². The summed E-state index contributed by atoms with van der Waals surface area (Å²) in [5.74, 6) is -0.501. The summed E-state index contributed by atoms with van der Waals surface area (Å²) in [5, 5.41) is 3.00. The molecular formula is C25H31N3O4S. The van der Waals surface area contributed by atoms with Crippen molar-refractivity contribution in [3.63, 3.8) is 0 Å². The zero-order chi connectivity index (χ0) is 23.6. The highest BCUT2D eigenvalue weighted by Crippen LogP contribution is 2.35. The number of rotatable bonds is 5. The molecule has 1 fully saturated rings. The maximum atomic E-state index is 13.2. The van der Waals surface area contributed by atoms with Crippen molar-refractivity contribution in [1.29, 1.82) is 0 Å². The Balaban J connectivity index is 1.57. The molecule has 8 heteroatoms. The number of carbonyl (C=O) groups excluding carboxylic acids is 2. The number of nitrogens with zero attached hydrogens (tertiary/aromatic N) is 2. The molecule has 33 heavy (non-hydrogen) atoms. The summed E-state index contributed by atoms with van der Waals surface area (Å²) in [7, 11) is -3.61. The Labute approximate surface area is 195 Å². The Morgan fingerprint density at radius 3 is 2.30 bits per heavy atom. The van der Waals surface area contributed by atoms with Gasteiger partial charge in [0, 0.05) is 32.1 Å². The standard InChI is InChI=1S/C25H31N3O4S/c1-18(20-10-6-5-7-11-20)26-25(30)24-17-21-16-22(12-13-23(21)28(24)19(2)29)33(31,32)27-14-8-3-4-9-15-27/h5-7,10-13,16,18,24H,3-4,8-9,14-15,17H2,1-2H3,(H,26,30)/t18-,24+/m1/s1. The molecule has 2 atom stereocenters. The molecule has 0 saturated carbocycles. The fourth-order valence-electron chi connectivity index (χ4n) is 4.75. The number of hydrogen-bond donors (Lipinski definition) is 1. The lowest BCUT2D eigenvalue weighted by atomic mass is 10.1. The minimum absolute atomic E-state index is 0.213. The summed E-state index contributed by atoms with van der Waals surface area (Å²) in [4.78, 5) is 27.3. The smallest absolute Gasteiger partial charge is 0.244 e. The van der Waals surface area contributed by atoms with Crippen LogP contribution in [0.5, 0.6) is 0 Å². The first-order valence-corrected chi connectivity index (χ1v) is 13.0. The average Bonchev–Trinajstić information content (AvgIpc) is 2.97. The van der Waals surface area contributed by atoms with Crippen molar-refractivity contribution in [2.75, 3.05) is 18.0 Å². The third kappa shape index (κ3) is 4.82. The van der Waals surface area contributed by atoms with Crippen LogP contribution in [-0.4, -0.2) is 43.7 Å². The van der Waals surface area contributed by atoms with E-state index in [1.807, 2.05) is 37.3 Å². The molecule has 0 unspecified atom stereocenters. The maximum Gasteiger partial charge on any atom is 0.244 e. The molecule has 0 aliphatic carbocycles. The number of benzene rings is 2. The van der Waals surface area contributed by atoms with Crippen LogP contribution in [0.4, 0.5) is 5.69 Å². The minimum Gasteiger partial charge on any atom is -0.348 e. The number of carbonyl (C=O) groups is 2. The lowest BCUT2D eigenvalue weighted by molar-refractivity contribution is -0.126. The Kier molecular flexibility index (Phi) is 6.86. The minimum atomic E-state index is -3.61. The molecule has 0 bridgehead atoms. The van der Waals surface area contributed by atoms with Crippen LogP contribution in [0.2, 0.25) is 0 Å². The number of amides is 2. The fraction of sp³-hybridized carbons (Fsp3) is 0.440. The lowest BCUT2D eigenvalue weighted by Crippen LogP contribution is -2.47. The van der Waals surface area contributed by atoms with E-state index in [9.17, 15) is 18.0 Å². The highest BCUT2D eigenvalue weighted by atomic mass is 32.2. The van der Waals surface area contributed by atoms with Crippen LogP contribution in [0.3, 0.4) is 0 Å². The van der Waals surface area contributed by atoms with Gasteiger partial charge in [-0.05, 0) is 49.1 Å². The van der Waals surface area contributed by atoms with Gasteiger partial charge in [0.05, 0.1) is 10.9 Å². The molecule has 2 heterocycles. The molecular weight excluding hydrogens is 438 g/mol. The van der Waals surface area contributed by atoms with E-state index in [4.69, 9.17) is 0 Å². The molecule has 7 nitrogen and oxygen atoms in total. The van der Waals surface area contributed by atoms with Crippen LogP contribution in [-0.2, 0) is 26.0 Å². The van der Waals surface area contributed by atoms with Crippen LogP contribution >= 0.6 is 0 Å². The summed E-state index contributed by atoms with van der Waals surface area (Å²) >= 11 is 0. The monoisotopic (exact) mass is 469 g/mol. The second-order valence-corrected chi connectivity index (χ2v) is 10.8. The Hall–Kier alpha value is -2.71. The summed E-state index contributed by atoms with van der Waals surface area (Å²) in [5.41, 5.74) is 2.28. The van der Waals surface area contributed by atoms with Crippen molar-refractivity contribution in [1.82, 2.24) is 9.62 Å². The van der Waals surface area contributed by atoms with Crippen LogP contribution < -0.4 is 10.2 Å². The number of anilines is 1. The van der Waals surface area contributed by atoms with Gasteiger partial charge in [0.15, 0.2) is 0 Å². The Morgan fingerprint density at radius 2 is 1.67 bits per heavy atom. The van der Waals surface area contributed by atoms with Crippen molar-refractivity contribution < 1.29 is 18.0 Å². The van der Waals surface area contributed by atoms with Gasteiger partial charge >= 0.3 is 0 Å². The zero-order valence-electron chi connectivity index (χ0n) is 19.2. The third-order valence-electron chi connectivity index (χ3n) is 6.54. The Bertz CT molecular complexity index is 1130. The second-order valence-electron chi connectivity index (χ2n) is 8.86.